The lowest BCUT2D eigenvalue weighted by molar-refractivity contribution is -0.137. The fourth-order valence-corrected chi connectivity index (χ4v) is 9.41. The van der Waals surface area contributed by atoms with Gasteiger partial charge in [0.15, 0.2) is 5.78 Å². The Labute approximate surface area is 313 Å². The Bertz CT molecular complexity index is 1830. The smallest absolute Gasteiger partial charge is 0.408 e. The molecule has 4 aliphatic carbocycles. The number of ketones is 1. The highest BCUT2D eigenvalue weighted by Gasteiger charge is 2.62. The Morgan fingerprint density at radius 3 is 2.33 bits per heavy atom. The van der Waals surface area contributed by atoms with E-state index in [1.807, 2.05) is 20.8 Å². The van der Waals surface area contributed by atoms with Gasteiger partial charge in [-0.05, 0) is 99.0 Å². The number of benzene rings is 1. The number of sulfonamides is 1. The standard InChI is InChI=1S/C35H45Cl2N7O7S/c1-5-8-20-18-35(20,32(47)42-52(49,50)25-11-12-25)39-31(46)27-17-23(44-41-30(40-43-44)19-13-21(36)15-22(37)14-19)16-26(27)28(45)29(34(2,3)4)38-33(48)51-24-9-6-7-10-24/h5,13-15,20,23-27,29H,1,6-12,16-18H2,2-4H3,(H,38,48)(H,39,46)(H,42,47)/t20-,23+,26?,27-,29?,35+/m1/s1. The molecule has 6 atom stereocenters. The van der Waals surface area contributed by atoms with E-state index in [1.54, 1.807) is 24.3 Å². The third-order valence-electron chi connectivity index (χ3n) is 10.6. The molecule has 0 spiro atoms. The summed E-state index contributed by atoms with van der Waals surface area (Å²) in [5.41, 5.74) is -1.73. The van der Waals surface area contributed by atoms with Crippen molar-refractivity contribution >= 4 is 56.9 Å². The number of Topliss-reactive ketones (excluding diaryl/α,β-unsaturated/α-hetero) is 1. The Morgan fingerprint density at radius 2 is 1.71 bits per heavy atom. The number of amides is 3. The number of tetrazole rings is 1. The predicted octanol–water partition coefficient (Wildman–Crippen LogP) is 4.93. The lowest BCUT2D eigenvalue weighted by atomic mass is 9.77. The normalized spacial score (nSPS) is 26.7. The molecule has 3 N–H and O–H groups in total. The van der Waals surface area contributed by atoms with Crippen LogP contribution in [0.5, 0.6) is 0 Å². The second-order valence-corrected chi connectivity index (χ2v) is 18.5. The van der Waals surface area contributed by atoms with E-state index in [0.717, 1.165) is 25.7 Å². The van der Waals surface area contributed by atoms with Crippen LogP contribution in [-0.4, -0.2) is 75.3 Å². The van der Waals surface area contributed by atoms with E-state index in [4.69, 9.17) is 27.9 Å². The summed E-state index contributed by atoms with van der Waals surface area (Å²) in [5.74, 6) is -3.84. The number of hydrogen-bond acceptors (Lipinski definition) is 10. The van der Waals surface area contributed by atoms with E-state index in [0.29, 0.717) is 34.9 Å². The summed E-state index contributed by atoms with van der Waals surface area (Å²) >= 11 is 12.4. The first-order chi connectivity index (χ1) is 24.5. The van der Waals surface area contributed by atoms with Gasteiger partial charge >= 0.3 is 6.09 Å². The Hall–Kier alpha value is -3.56. The van der Waals surface area contributed by atoms with Gasteiger partial charge in [0, 0.05) is 27.4 Å². The van der Waals surface area contributed by atoms with E-state index < -0.39 is 68.1 Å². The van der Waals surface area contributed by atoms with Crippen LogP contribution in [0.25, 0.3) is 11.4 Å². The average Bonchev–Trinajstić information content (AvgIpc) is 3.80. The lowest BCUT2D eigenvalue weighted by Crippen LogP contribution is -2.56. The van der Waals surface area contributed by atoms with Crippen molar-refractivity contribution in [1.82, 2.24) is 35.6 Å². The number of allylic oxidation sites excluding steroid dienone is 1. The number of hydrogen-bond donors (Lipinski definition) is 3. The van der Waals surface area contributed by atoms with Crippen molar-refractivity contribution in [2.75, 3.05) is 0 Å². The number of rotatable bonds is 13. The molecule has 1 aromatic heterocycles. The molecule has 4 saturated carbocycles. The topological polar surface area (TPSA) is 191 Å². The van der Waals surface area contributed by atoms with Crippen LogP contribution in [0, 0.1) is 23.2 Å². The van der Waals surface area contributed by atoms with Gasteiger partial charge in [-0.1, -0.05) is 50.0 Å². The Balaban J connectivity index is 1.28. The highest BCUT2D eigenvalue weighted by Crippen LogP contribution is 2.49. The molecule has 17 heteroatoms. The molecule has 1 aromatic carbocycles. The quantitative estimate of drug-likeness (QED) is 0.235. The first kappa shape index (κ1) is 38.2. The van der Waals surface area contributed by atoms with Crippen molar-refractivity contribution in [2.45, 2.75) is 114 Å². The summed E-state index contributed by atoms with van der Waals surface area (Å²) in [4.78, 5) is 57.0. The van der Waals surface area contributed by atoms with Crippen LogP contribution in [0.15, 0.2) is 30.9 Å². The number of carbonyl (C=O) groups is 4. The molecule has 14 nitrogen and oxygen atoms in total. The van der Waals surface area contributed by atoms with Gasteiger partial charge in [0.05, 0.1) is 17.3 Å². The fourth-order valence-electron chi connectivity index (χ4n) is 7.52. The zero-order valence-electron chi connectivity index (χ0n) is 29.4. The van der Waals surface area contributed by atoms with Crippen molar-refractivity contribution in [3.05, 3.63) is 40.9 Å². The number of nitrogens with one attached hydrogen (secondary N) is 3. The Kier molecular flexibility index (Phi) is 10.8. The highest BCUT2D eigenvalue weighted by molar-refractivity contribution is 7.91. The second-order valence-electron chi connectivity index (χ2n) is 15.6. The number of carbonyl (C=O) groups excluding carboxylic acids is 4. The van der Waals surface area contributed by atoms with Crippen molar-refractivity contribution in [2.24, 2.45) is 23.2 Å². The van der Waals surface area contributed by atoms with Gasteiger partial charge in [-0.3, -0.25) is 19.1 Å². The maximum Gasteiger partial charge on any atom is 0.408 e. The summed E-state index contributed by atoms with van der Waals surface area (Å²) in [5, 5.41) is 18.8. The zero-order chi connectivity index (χ0) is 37.6. The highest BCUT2D eigenvalue weighted by atomic mass is 35.5. The molecule has 4 fully saturated rings. The van der Waals surface area contributed by atoms with Crippen LogP contribution in [0.1, 0.15) is 91.0 Å². The van der Waals surface area contributed by atoms with Crippen molar-refractivity contribution in [3.63, 3.8) is 0 Å². The van der Waals surface area contributed by atoms with Crippen LogP contribution in [-0.2, 0) is 29.1 Å². The predicted molar refractivity (Wildman–Crippen MR) is 193 cm³/mol. The van der Waals surface area contributed by atoms with Gasteiger partial charge < -0.3 is 15.4 Å². The summed E-state index contributed by atoms with van der Waals surface area (Å²) in [6.45, 7) is 9.21. The molecule has 0 bridgehead atoms. The molecule has 2 aromatic rings. The third kappa shape index (κ3) is 8.31. The number of ether oxygens (including phenoxy) is 1. The van der Waals surface area contributed by atoms with Gasteiger partial charge in [0.2, 0.25) is 21.8 Å². The summed E-state index contributed by atoms with van der Waals surface area (Å²) in [6, 6.07) is 3.25. The summed E-state index contributed by atoms with van der Waals surface area (Å²) in [7, 11) is -3.89. The molecule has 6 rings (SSSR count). The van der Waals surface area contributed by atoms with Crippen molar-refractivity contribution < 1.29 is 32.3 Å². The number of aromatic nitrogens is 4. The minimum atomic E-state index is -3.89. The van der Waals surface area contributed by atoms with Crippen LogP contribution in [0.4, 0.5) is 4.79 Å². The van der Waals surface area contributed by atoms with E-state index in [9.17, 15) is 27.6 Å². The molecule has 52 heavy (non-hydrogen) atoms. The molecule has 4 aliphatic rings. The zero-order valence-corrected chi connectivity index (χ0v) is 31.8. The maximum atomic E-state index is 14.6. The maximum absolute atomic E-state index is 14.6. The number of nitrogens with zero attached hydrogens (tertiary/aromatic N) is 4. The van der Waals surface area contributed by atoms with Crippen LogP contribution >= 0.6 is 23.2 Å². The third-order valence-corrected chi connectivity index (χ3v) is 12.9. The van der Waals surface area contributed by atoms with Gasteiger partial charge in [-0.15, -0.1) is 16.8 Å². The number of alkyl carbamates (subject to hydrolysis) is 1. The van der Waals surface area contributed by atoms with E-state index in [2.05, 4.69) is 37.3 Å². The molecular weight excluding hydrogens is 733 g/mol. The first-order valence-electron chi connectivity index (χ1n) is 17.8. The fraction of sp³-hybridized carbons (Fsp3) is 0.629. The molecule has 3 amide bonds. The minimum absolute atomic E-state index is 0.0991. The van der Waals surface area contributed by atoms with Gasteiger partial charge in [0.25, 0.3) is 5.91 Å². The average molecular weight is 779 g/mol. The van der Waals surface area contributed by atoms with Crippen molar-refractivity contribution in [1.29, 1.82) is 0 Å². The summed E-state index contributed by atoms with van der Waals surface area (Å²) in [6.07, 6.45) is 5.86. The molecule has 0 radical (unpaired) electrons. The van der Waals surface area contributed by atoms with Crippen LogP contribution in [0.3, 0.4) is 0 Å². The van der Waals surface area contributed by atoms with Crippen LogP contribution in [0.2, 0.25) is 10.0 Å². The first-order valence-corrected chi connectivity index (χ1v) is 20.1. The van der Waals surface area contributed by atoms with E-state index in [-0.39, 0.29) is 42.9 Å². The molecule has 282 valence electrons. The SMILES string of the molecule is C=CC[C@@H]1C[C@@]1(NC(=O)[C@@H]1C[C@@H](n2nnc(-c3cc(Cl)cc(Cl)c3)n2)CC1C(=O)C(NC(=O)OC1CCCC1)C(C)(C)C)C(=O)NS(=O)(=O)C1CC1. The Morgan fingerprint density at radius 1 is 1.06 bits per heavy atom. The lowest BCUT2D eigenvalue weighted by Gasteiger charge is -2.33. The largest absolute Gasteiger partial charge is 0.446 e. The molecule has 2 unspecified atom stereocenters. The second kappa shape index (κ2) is 14.7. The van der Waals surface area contributed by atoms with Gasteiger partial charge in [-0.25, -0.2) is 13.2 Å². The summed E-state index contributed by atoms with van der Waals surface area (Å²) < 4.78 is 33.3. The van der Waals surface area contributed by atoms with Gasteiger partial charge in [0.1, 0.15) is 11.6 Å². The van der Waals surface area contributed by atoms with E-state index in [1.165, 1.54) is 4.80 Å². The monoisotopic (exact) mass is 777 g/mol. The molecular formula is C35H45Cl2N7O7S. The van der Waals surface area contributed by atoms with Crippen molar-refractivity contribution in [3.8, 4) is 11.4 Å². The minimum Gasteiger partial charge on any atom is -0.446 e. The molecule has 1 heterocycles. The van der Waals surface area contributed by atoms with E-state index >= 15 is 0 Å². The van der Waals surface area contributed by atoms with Crippen LogP contribution < -0.4 is 15.4 Å². The number of halogens is 2. The molecule has 0 aliphatic heterocycles. The molecule has 0 saturated heterocycles. The van der Waals surface area contributed by atoms with Gasteiger partial charge in [-0.2, -0.15) is 4.80 Å².